The van der Waals surface area contributed by atoms with E-state index < -0.39 is 0 Å². The van der Waals surface area contributed by atoms with Gasteiger partial charge in [-0.15, -0.1) is 11.3 Å². The van der Waals surface area contributed by atoms with E-state index in [0.717, 1.165) is 92.5 Å². The fraction of sp³-hybridized carbons (Fsp3) is 0. The molecule has 0 aliphatic carbocycles. The van der Waals surface area contributed by atoms with Gasteiger partial charge in [0.1, 0.15) is 5.01 Å². The molecule has 0 fully saturated rings. The molecule has 7 heteroatoms. The molecule has 0 spiro atoms. The van der Waals surface area contributed by atoms with Crippen LogP contribution in [-0.4, -0.2) is 29.1 Å². The first-order valence-corrected chi connectivity index (χ1v) is 22.5. The molecule has 0 saturated carbocycles. The highest BCUT2D eigenvalue weighted by atomic mass is 32.1. The van der Waals surface area contributed by atoms with Gasteiger partial charge >= 0.3 is 0 Å². The van der Waals surface area contributed by atoms with Crippen molar-refractivity contribution in [2.45, 2.75) is 0 Å². The monoisotopic (exact) mass is 848 g/mol. The lowest BCUT2D eigenvalue weighted by Crippen LogP contribution is -2.07. The van der Waals surface area contributed by atoms with Gasteiger partial charge in [-0.3, -0.25) is 4.57 Å². The number of aromatic nitrogens is 6. The van der Waals surface area contributed by atoms with Crippen LogP contribution in [-0.2, 0) is 0 Å². The molecule has 65 heavy (non-hydrogen) atoms. The molecule has 13 aromatic rings. The van der Waals surface area contributed by atoms with Gasteiger partial charge in [0.15, 0.2) is 11.6 Å². The number of fused-ring (bicyclic) bond motifs is 8. The predicted octanol–water partition coefficient (Wildman–Crippen LogP) is 15.0. The van der Waals surface area contributed by atoms with Crippen LogP contribution in [0.5, 0.6) is 0 Å². The summed E-state index contributed by atoms with van der Waals surface area (Å²) in [6.45, 7) is 0. The minimum Gasteiger partial charge on any atom is -0.307 e. The van der Waals surface area contributed by atoms with Crippen molar-refractivity contribution < 1.29 is 0 Å². The zero-order valence-corrected chi connectivity index (χ0v) is 35.7. The second kappa shape index (κ2) is 15.1. The average Bonchev–Trinajstić information content (AvgIpc) is 4.08. The Morgan fingerprint density at radius 3 is 1.55 bits per heavy atom. The zero-order valence-electron chi connectivity index (χ0n) is 34.9. The van der Waals surface area contributed by atoms with E-state index >= 15 is 0 Å². The number of thiazole rings is 1. The third-order valence-corrected chi connectivity index (χ3v) is 13.6. The second-order valence-corrected chi connectivity index (χ2v) is 17.2. The number of benzene rings is 9. The van der Waals surface area contributed by atoms with Gasteiger partial charge in [0.05, 0.1) is 32.3 Å². The molecule has 0 bridgehead atoms. The highest BCUT2D eigenvalue weighted by Crippen LogP contribution is 2.43. The quantitative estimate of drug-likeness (QED) is 0.160. The Balaban J connectivity index is 1.13. The molecule has 0 saturated heterocycles. The molecular weight excluding hydrogens is 813 g/mol. The van der Waals surface area contributed by atoms with Crippen molar-refractivity contribution in [2.75, 3.05) is 0 Å². The molecule has 0 amide bonds. The van der Waals surface area contributed by atoms with Crippen molar-refractivity contribution >= 4 is 65.2 Å². The number of nitrogens with zero attached hydrogens (tertiary/aromatic N) is 6. The number of hydrogen-bond donors (Lipinski definition) is 0. The van der Waals surface area contributed by atoms with Gasteiger partial charge in [0.25, 0.3) is 0 Å². The van der Waals surface area contributed by atoms with Gasteiger partial charge in [-0.1, -0.05) is 176 Å². The van der Waals surface area contributed by atoms with E-state index in [0.29, 0.717) is 17.6 Å². The van der Waals surface area contributed by atoms with Crippen molar-refractivity contribution in [3.05, 3.63) is 218 Å². The zero-order chi connectivity index (χ0) is 42.8. The summed E-state index contributed by atoms with van der Waals surface area (Å²) in [4.78, 5) is 21.4. The second-order valence-electron chi connectivity index (χ2n) is 16.2. The SMILES string of the molecule is c1ccc(-c2cccc(-c3nc(-c4cccc5nc(-c6ccccc6)sc45)nc(-n4c5ccccc5c5ccc6c7ccccc7n(-c7cccc(-c8ccccc8)c7)c6c54)n3)c2)cc1. The lowest BCUT2D eigenvalue weighted by atomic mass is 10.0. The summed E-state index contributed by atoms with van der Waals surface area (Å²) in [6.07, 6.45) is 0. The normalized spacial score (nSPS) is 11.7. The van der Waals surface area contributed by atoms with Crippen molar-refractivity contribution in [2.24, 2.45) is 0 Å². The van der Waals surface area contributed by atoms with E-state index in [1.54, 1.807) is 11.3 Å². The molecule has 9 aromatic carbocycles. The van der Waals surface area contributed by atoms with Gasteiger partial charge in [0.2, 0.25) is 5.95 Å². The van der Waals surface area contributed by atoms with Gasteiger partial charge in [-0.25, -0.2) is 9.97 Å². The lowest BCUT2D eigenvalue weighted by Gasteiger charge is -2.14. The molecule has 0 N–H and O–H groups in total. The fourth-order valence-corrected chi connectivity index (χ4v) is 10.5. The molecule has 0 aliphatic heterocycles. The summed E-state index contributed by atoms with van der Waals surface area (Å²) < 4.78 is 5.71. The lowest BCUT2D eigenvalue weighted by molar-refractivity contribution is 0.954. The molecule has 304 valence electrons. The Morgan fingerprint density at radius 1 is 0.338 bits per heavy atom. The average molecular weight is 849 g/mol. The number of rotatable bonds is 7. The Hall–Kier alpha value is -8.52. The molecule has 0 atom stereocenters. The summed E-state index contributed by atoms with van der Waals surface area (Å²) in [5.74, 6) is 1.70. The minimum atomic E-state index is 0.536. The van der Waals surface area contributed by atoms with Crippen molar-refractivity contribution in [1.29, 1.82) is 0 Å². The van der Waals surface area contributed by atoms with E-state index in [1.807, 2.05) is 12.1 Å². The van der Waals surface area contributed by atoms with Gasteiger partial charge in [-0.2, -0.15) is 9.97 Å². The summed E-state index contributed by atoms with van der Waals surface area (Å²) in [5, 5.41) is 5.50. The van der Waals surface area contributed by atoms with Gasteiger partial charge < -0.3 is 4.57 Å². The van der Waals surface area contributed by atoms with E-state index in [-0.39, 0.29) is 0 Å². The Bertz CT molecular complexity index is 3940. The molecule has 4 aromatic heterocycles. The number of hydrogen-bond acceptors (Lipinski definition) is 5. The molecule has 0 radical (unpaired) electrons. The van der Waals surface area contributed by atoms with Crippen molar-refractivity contribution in [3.8, 4) is 67.2 Å². The maximum Gasteiger partial charge on any atom is 0.238 e. The molecule has 4 heterocycles. The van der Waals surface area contributed by atoms with Gasteiger partial charge in [0, 0.05) is 43.9 Å². The topological polar surface area (TPSA) is 61.4 Å². The van der Waals surface area contributed by atoms with Crippen LogP contribution in [0.3, 0.4) is 0 Å². The highest BCUT2D eigenvalue weighted by molar-refractivity contribution is 7.22. The molecule has 0 aliphatic rings. The largest absolute Gasteiger partial charge is 0.307 e. The third kappa shape index (κ3) is 6.16. The van der Waals surface area contributed by atoms with Gasteiger partial charge in [-0.05, 0) is 64.7 Å². The molecular formula is C58H36N6S. The van der Waals surface area contributed by atoms with Crippen LogP contribution in [0.2, 0.25) is 0 Å². The van der Waals surface area contributed by atoms with Crippen LogP contribution in [0.25, 0.3) is 121 Å². The first-order chi connectivity index (χ1) is 32.2. The standard InChI is InChI=1S/C58H36N6S/c1-4-17-37(18-5-1)40-23-14-25-42(35-40)55-60-56(48-29-16-30-49-54(48)65-57(59-49)39-21-8-3-9-22-39)62-58(61-55)64-51-32-13-11-28-45(51)47-34-33-46-44-27-10-12-31-50(44)63(52(46)53(47)64)43-26-15-24-41(36-43)38-19-6-2-7-20-38/h1-36H. The maximum atomic E-state index is 5.51. The van der Waals surface area contributed by atoms with E-state index in [2.05, 4.69) is 215 Å². The smallest absolute Gasteiger partial charge is 0.238 e. The summed E-state index contributed by atoms with van der Waals surface area (Å²) in [5.41, 5.74) is 13.6. The first-order valence-electron chi connectivity index (χ1n) is 21.7. The number of para-hydroxylation sites is 2. The van der Waals surface area contributed by atoms with Crippen molar-refractivity contribution in [3.63, 3.8) is 0 Å². The van der Waals surface area contributed by atoms with E-state index in [9.17, 15) is 0 Å². The minimum absolute atomic E-state index is 0.536. The van der Waals surface area contributed by atoms with Crippen LogP contribution in [0.4, 0.5) is 0 Å². The molecule has 0 unspecified atom stereocenters. The van der Waals surface area contributed by atoms with Crippen LogP contribution in [0, 0.1) is 0 Å². The van der Waals surface area contributed by atoms with Crippen LogP contribution in [0.1, 0.15) is 0 Å². The highest BCUT2D eigenvalue weighted by Gasteiger charge is 2.24. The van der Waals surface area contributed by atoms with Crippen LogP contribution >= 0.6 is 11.3 Å². The third-order valence-electron chi connectivity index (χ3n) is 12.4. The molecule has 13 rings (SSSR count). The Morgan fingerprint density at radius 2 is 0.862 bits per heavy atom. The predicted molar refractivity (Wildman–Crippen MR) is 269 cm³/mol. The summed E-state index contributed by atoms with van der Waals surface area (Å²) in [7, 11) is 0. The first kappa shape index (κ1) is 37.1. The van der Waals surface area contributed by atoms with Crippen molar-refractivity contribution in [1.82, 2.24) is 29.1 Å². The fourth-order valence-electron chi connectivity index (χ4n) is 9.44. The van der Waals surface area contributed by atoms with Crippen LogP contribution < -0.4 is 0 Å². The van der Waals surface area contributed by atoms with E-state index in [1.165, 1.54) is 10.9 Å². The van der Waals surface area contributed by atoms with Crippen LogP contribution in [0.15, 0.2) is 218 Å². The molecule has 6 nitrogen and oxygen atoms in total. The summed E-state index contributed by atoms with van der Waals surface area (Å²) in [6, 6.07) is 76.9. The maximum absolute atomic E-state index is 5.51. The Labute approximate surface area is 378 Å². The van der Waals surface area contributed by atoms with E-state index in [4.69, 9.17) is 19.9 Å². The Kier molecular flexibility index (Phi) is 8.60. The summed E-state index contributed by atoms with van der Waals surface area (Å²) >= 11 is 1.66.